The van der Waals surface area contributed by atoms with Crippen molar-refractivity contribution in [3.05, 3.63) is 11.6 Å². The van der Waals surface area contributed by atoms with E-state index >= 15 is 0 Å². The zero-order valence-corrected chi connectivity index (χ0v) is 10.9. The molecule has 0 aliphatic heterocycles. The molecule has 0 saturated carbocycles. The quantitative estimate of drug-likeness (QED) is 0.551. The Labute approximate surface area is 102 Å². The van der Waals surface area contributed by atoms with Crippen LogP contribution in [-0.2, 0) is 14.3 Å². The first-order valence-electron chi connectivity index (χ1n) is 5.55. The third kappa shape index (κ3) is 7.52. The zero-order chi connectivity index (χ0) is 13.4. The number of aliphatic hydroxyl groups excluding tert-OH is 1. The number of ether oxygens (including phenoxy) is 1. The van der Waals surface area contributed by atoms with Crippen molar-refractivity contribution in [1.82, 2.24) is 4.90 Å². The number of aliphatic hydroxyl groups is 1. The monoisotopic (exact) mass is 243 g/mol. The van der Waals surface area contributed by atoms with E-state index in [0.717, 1.165) is 5.57 Å². The molecule has 0 aliphatic rings. The molecule has 1 unspecified atom stereocenters. The number of hydrogen-bond acceptors (Lipinski definition) is 4. The molecule has 1 atom stereocenters. The summed E-state index contributed by atoms with van der Waals surface area (Å²) in [4.78, 5) is 24.2. The van der Waals surface area contributed by atoms with Gasteiger partial charge < -0.3 is 14.7 Å². The minimum Gasteiger partial charge on any atom is -0.469 e. The van der Waals surface area contributed by atoms with Crippen molar-refractivity contribution in [3.63, 3.8) is 0 Å². The summed E-state index contributed by atoms with van der Waals surface area (Å²) in [5, 5.41) is 9.30. The summed E-state index contributed by atoms with van der Waals surface area (Å²) in [5.74, 6) is -0.569. The Balaban J connectivity index is 4.48. The molecule has 0 rings (SSSR count). The lowest BCUT2D eigenvalue weighted by Crippen LogP contribution is -2.37. The van der Waals surface area contributed by atoms with Gasteiger partial charge in [-0.2, -0.15) is 0 Å². The first kappa shape index (κ1) is 15.6. The van der Waals surface area contributed by atoms with Crippen LogP contribution in [0.3, 0.4) is 0 Å². The lowest BCUT2D eigenvalue weighted by molar-refractivity contribution is -0.141. The van der Waals surface area contributed by atoms with Gasteiger partial charge in [-0.15, -0.1) is 0 Å². The Hall–Kier alpha value is -1.36. The highest BCUT2D eigenvalue weighted by Crippen LogP contribution is 2.01. The lowest BCUT2D eigenvalue weighted by atomic mass is 10.2. The molecule has 0 saturated heterocycles. The van der Waals surface area contributed by atoms with Gasteiger partial charge in [0.2, 0.25) is 5.91 Å². The highest BCUT2D eigenvalue weighted by atomic mass is 16.5. The molecule has 0 aromatic heterocycles. The fourth-order valence-electron chi connectivity index (χ4n) is 1.28. The number of esters is 1. The smallest absolute Gasteiger partial charge is 0.307 e. The summed E-state index contributed by atoms with van der Waals surface area (Å²) < 4.78 is 4.51. The van der Waals surface area contributed by atoms with Crippen LogP contribution >= 0.6 is 0 Å². The molecule has 5 nitrogen and oxygen atoms in total. The molecule has 1 amide bonds. The van der Waals surface area contributed by atoms with Crippen LogP contribution in [0.5, 0.6) is 0 Å². The Kier molecular flexibility index (Phi) is 7.21. The first-order chi connectivity index (χ1) is 7.86. The Bertz CT molecular complexity index is 293. The van der Waals surface area contributed by atoms with Crippen LogP contribution in [-0.4, -0.2) is 48.2 Å². The molecule has 0 aliphatic carbocycles. The fourth-order valence-corrected chi connectivity index (χ4v) is 1.28. The normalized spacial score (nSPS) is 11.6. The summed E-state index contributed by atoms with van der Waals surface area (Å²) in [6.45, 7) is 5.69. The summed E-state index contributed by atoms with van der Waals surface area (Å²) in [5.41, 5.74) is 0.878. The largest absolute Gasteiger partial charge is 0.469 e. The van der Waals surface area contributed by atoms with Gasteiger partial charge in [-0.05, 0) is 20.8 Å². The van der Waals surface area contributed by atoms with Crippen molar-refractivity contribution < 1.29 is 19.4 Å². The summed E-state index contributed by atoms with van der Waals surface area (Å²) in [6.07, 6.45) is 0.993. The maximum absolute atomic E-state index is 11.8. The number of rotatable bonds is 6. The van der Waals surface area contributed by atoms with E-state index < -0.39 is 6.10 Å². The number of methoxy groups -OCH3 is 1. The zero-order valence-electron chi connectivity index (χ0n) is 10.9. The number of nitrogens with zero attached hydrogens (tertiary/aromatic N) is 1. The first-order valence-corrected chi connectivity index (χ1v) is 5.55. The molecule has 5 heteroatoms. The van der Waals surface area contributed by atoms with Crippen molar-refractivity contribution in [2.45, 2.75) is 33.3 Å². The van der Waals surface area contributed by atoms with Crippen LogP contribution in [0.2, 0.25) is 0 Å². The number of hydrogen-bond donors (Lipinski definition) is 1. The van der Waals surface area contributed by atoms with Gasteiger partial charge in [-0.3, -0.25) is 9.59 Å². The average molecular weight is 243 g/mol. The average Bonchev–Trinajstić information content (AvgIpc) is 2.21. The second-order valence-corrected chi connectivity index (χ2v) is 4.18. The van der Waals surface area contributed by atoms with Gasteiger partial charge in [-0.25, -0.2) is 0 Å². The SMILES string of the molecule is COC(=O)CCN(CC(C)O)C(=O)C=C(C)C. The molecular formula is C12H21NO4. The van der Waals surface area contributed by atoms with Gasteiger partial charge in [0.05, 0.1) is 19.6 Å². The van der Waals surface area contributed by atoms with Crippen molar-refractivity contribution >= 4 is 11.9 Å². The molecule has 0 fully saturated rings. The Morgan fingerprint density at radius 1 is 1.41 bits per heavy atom. The van der Waals surface area contributed by atoms with Gasteiger partial charge in [0.25, 0.3) is 0 Å². The van der Waals surface area contributed by atoms with E-state index in [1.54, 1.807) is 6.92 Å². The number of allylic oxidation sites excluding steroid dienone is 1. The van der Waals surface area contributed by atoms with Gasteiger partial charge in [0.15, 0.2) is 0 Å². The summed E-state index contributed by atoms with van der Waals surface area (Å²) in [6, 6.07) is 0. The van der Waals surface area contributed by atoms with Gasteiger partial charge >= 0.3 is 5.97 Å². The van der Waals surface area contributed by atoms with Crippen LogP contribution in [0, 0.1) is 0 Å². The second kappa shape index (κ2) is 7.84. The van der Waals surface area contributed by atoms with Crippen molar-refractivity contribution in [2.24, 2.45) is 0 Å². The van der Waals surface area contributed by atoms with E-state index in [2.05, 4.69) is 4.74 Å². The van der Waals surface area contributed by atoms with Crippen LogP contribution in [0.25, 0.3) is 0 Å². The predicted molar refractivity (Wildman–Crippen MR) is 64.3 cm³/mol. The van der Waals surface area contributed by atoms with E-state index in [0.29, 0.717) is 0 Å². The molecule has 98 valence electrons. The molecule has 0 radical (unpaired) electrons. The highest BCUT2D eigenvalue weighted by molar-refractivity contribution is 5.88. The van der Waals surface area contributed by atoms with Gasteiger partial charge in [0.1, 0.15) is 0 Å². The van der Waals surface area contributed by atoms with Crippen molar-refractivity contribution in [2.75, 3.05) is 20.2 Å². The van der Waals surface area contributed by atoms with Crippen LogP contribution in [0.15, 0.2) is 11.6 Å². The van der Waals surface area contributed by atoms with Gasteiger partial charge in [-0.1, -0.05) is 5.57 Å². The maximum atomic E-state index is 11.8. The minimum absolute atomic E-state index is 0.131. The van der Waals surface area contributed by atoms with E-state index in [9.17, 15) is 14.7 Å². The van der Waals surface area contributed by atoms with Crippen molar-refractivity contribution in [1.29, 1.82) is 0 Å². The lowest BCUT2D eigenvalue weighted by Gasteiger charge is -2.22. The van der Waals surface area contributed by atoms with Gasteiger partial charge in [0, 0.05) is 19.2 Å². The molecule has 0 aromatic rings. The maximum Gasteiger partial charge on any atom is 0.307 e. The molecule has 0 heterocycles. The molecule has 1 N–H and O–H groups in total. The van der Waals surface area contributed by atoms with Crippen LogP contribution in [0.4, 0.5) is 0 Å². The second-order valence-electron chi connectivity index (χ2n) is 4.18. The third-order valence-electron chi connectivity index (χ3n) is 2.02. The number of carbonyl (C=O) groups is 2. The number of carbonyl (C=O) groups excluding carboxylic acids is 2. The van der Waals surface area contributed by atoms with E-state index in [-0.39, 0.29) is 31.4 Å². The number of amides is 1. The van der Waals surface area contributed by atoms with E-state index in [1.165, 1.54) is 18.1 Å². The van der Waals surface area contributed by atoms with E-state index in [4.69, 9.17) is 0 Å². The topological polar surface area (TPSA) is 66.8 Å². The summed E-state index contributed by atoms with van der Waals surface area (Å²) in [7, 11) is 1.30. The fraction of sp³-hybridized carbons (Fsp3) is 0.667. The third-order valence-corrected chi connectivity index (χ3v) is 2.02. The predicted octanol–water partition coefficient (Wildman–Crippen LogP) is 0.725. The Morgan fingerprint density at radius 3 is 2.41 bits per heavy atom. The van der Waals surface area contributed by atoms with E-state index in [1.807, 2.05) is 13.8 Å². The summed E-state index contributed by atoms with van der Waals surface area (Å²) >= 11 is 0. The standard InChI is InChI=1S/C12H21NO4/c1-9(2)7-11(15)13(8-10(3)14)6-5-12(16)17-4/h7,10,14H,5-6,8H2,1-4H3. The molecule has 0 aromatic carbocycles. The van der Waals surface area contributed by atoms with Crippen molar-refractivity contribution in [3.8, 4) is 0 Å². The Morgan fingerprint density at radius 2 is 2.00 bits per heavy atom. The highest BCUT2D eigenvalue weighted by Gasteiger charge is 2.15. The molecular weight excluding hydrogens is 222 g/mol. The minimum atomic E-state index is -0.623. The van der Waals surface area contributed by atoms with Crippen LogP contribution < -0.4 is 0 Å². The molecule has 0 spiro atoms. The molecule has 0 bridgehead atoms. The van der Waals surface area contributed by atoms with Crippen LogP contribution in [0.1, 0.15) is 27.2 Å². The molecule has 17 heavy (non-hydrogen) atoms.